The predicted molar refractivity (Wildman–Crippen MR) is 58.0 cm³/mol. The Kier molecular flexibility index (Phi) is 2.53. The first-order valence-electron chi connectivity index (χ1n) is 4.29. The van der Waals surface area contributed by atoms with Gasteiger partial charge in [-0.05, 0) is 6.92 Å². The number of nitrogen functional groups attached to an aromatic ring is 1. The predicted octanol–water partition coefficient (Wildman–Crippen LogP) is 0.445. The molecule has 0 saturated carbocycles. The third-order valence-corrected chi connectivity index (χ3v) is 2.99. The number of anilines is 1. The maximum Gasteiger partial charge on any atom is 0.143 e. The van der Waals surface area contributed by atoms with Crippen LogP contribution in [0.25, 0.3) is 0 Å². The summed E-state index contributed by atoms with van der Waals surface area (Å²) in [5.41, 5.74) is 9.22. The number of nitrogens with two attached hydrogens (primary N) is 1. The minimum Gasteiger partial charge on any atom is -0.382 e. The molecule has 1 aromatic heterocycles. The van der Waals surface area contributed by atoms with Crippen LogP contribution in [0.2, 0.25) is 0 Å². The van der Waals surface area contributed by atoms with Gasteiger partial charge >= 0.3 is 0 Å². The summed E-state index contributed by atoms with van der Waals surface area (Å²) in [7, 11) is 0. The number of hydrazone groups is 1. The van der Waals surface area contributed by atoms with E-state index in [9.17, 15) is 0 Å². The van der Waals surface area contributed by atoms with Gasteiger partial charge in [0.15, 0.2) is 0 Å². The van der Waals surface area contributed by atoms with Gasteiger partial charge < -0.3 is 11.2 Å². The van der Waals surface area contributed by atoms with E-state index in [0.29, 0.717) is 11.9 Å². The summed E-state index contributed by atoms with van der Waals surface area (Å²) in [6.07, 6.45) is 3.18. The molecule has 1 aliphatic heterocycles. The highest BCUT2D eigenvalue weighted by atomic mass is 32.2. The van der Waals surface area contributed by atoms with Crippen molar-refractivity contribution in [2.24, 2.45) is 5.10 Å². The van der Waals surface area contributed by atoms with Crippen LogP contribution in [0.3, 0.4) is 0 Å². The Morgan fingerprint density at radius 2 is 2.36 bits per heavy atom. The van der Waals surface area contributed by atoms with E-state index in [1.165, 1.54) is 6.20 Å². The molecule has 0 amide bonds. The molecule has 1 unspecified atom stereocenters. The summed E-state index contributed by atoms with van der Waals surface area (Å²) in [4.78, 5) is 8.11. The van der Waals surface area contributed by atoms with Crippen molar-refractivity contribution in [2.45, 2.75) is 13.0 Å². The summed E-state index contributed by atoms with van der Waals surface area (Å²) in [6, 6.07) is 0.408. The summed E-state index contributed by atoms with van der Waals surface area (Å²) in [6.45, 7) is 2.09. The van der Waals surface area contributed by atoms with Crippen LogP contribution in [-0.4, -0.2) is 26.8 Å². The Balaban J connectivity index is 2.19. The molecule has 14 heavy (non-hydrogen) atoms. The Morgan fingerprint density at radius 3 is 2.93 bits per heavy atom. The molecule has 0 saturated heterocycles. The van der Waals surface area contributed by atoms with Crippen molar-refractivity contribution in [1.82, 2.24) is 15.4 Å². The Bertz CT molecular complexity index is 347. The van der Waals surface area contributed by atoms with Crippen LogP contribution in [-0.2, 0) is 0 Å². The fourth-order valence-electron chi connectivity index (χ4n) is 1.02. The number of nitrogens with zero attached hydrogens (tertiary/aromatic N) is 3. The van der Waals surface area contributed by atoms with Crippen molar-refractivity contribution in [1.29, 1.82) is 0 Å². The third-order valence-electron chi connectivity index (χ3n) is 1.75. The molecular formula is C8H11N5S. The molecule has 3 N–H and O–H groups in total. The highest BCUT2D eigenvalue weighted by Gasteiger charge is 2.14. The van der Waals surface area contributed by atoms with E-state index in [1.54, 1.807) is 18.0 Å². The fourth-order valence-corrected chi connectivity index (χ4v) is 1.87. The van der Waals surface area contributed by atoms with Crippen molar-refractivity contribution in [3.63, 3.8) is 0 Å². The van der Waals surface area contributed by atoms with Crippen molar-refractivity contribution >= 4 is 22.6 Å². The maximum absolute atomic E-state index is 5.44. The zero-order chi connectivity index (χ0) is 9.97. The molecule has 0 bridgehead atoms. The lowest BCUT2D eigenvalue weighted by Crippen LogP contribution is -2.29. The van der Waals surface area contributed by atoms with Crippen LogP contribution in [0.15, 0.2) is 17.5 Å². The van der Waals surface area contributed by atoms with Crippen LogP contribution in [0, 0.1) is 0 Å². The van der Waals surface area contributed by atoms with E-state index >= 15 is 0 Å². The van der Waals surface area contributed by atoms with Gasteiger partial charge in [0.1, 0.15) is 16.6 Å². The average molecular weight is 209 g/mol. The normalized spacial score (nSPS) is 21.2. The molecule has 0 aromatic carbocycles. The van der Waals surface area contributed by atoms with E-state index in [2.05, 4.69) is 27.4 Å². The number of hydrogen-bond acceptors (Lipinski definition) is 6. The lowest BCUT2D eigenvalue weighted by molar-refractivity contribution is 0.625. The summed E-state index contributed by atoms with van der Waals surface area (Å²) >= 11 is 1.67. The van der Waals surface area contributed by atoms with Gasteiger partial charge in [-0.1, -0.05) is 0 Å². The van der Waals surface area contributed by atoms with Crippen molar-refractivity contribution < 1.29 is 0 Å². The van der Waals surface area contributed by atoms with Gasteiger partial charge in [0.05, 0.1) is 18.4 Å². The average Bonchev–Trinajstić information content (AvgIpc) is 2.21. The van der Waals surface area contributed by atoms with Crippen LogP contribution in [0.1, 0.15) is 12.6 Å². The minimum absolute atomic E-state index is 0.408. The van der Waals surface area contributed by atoms with Crippen molar-refractivity contribution in [3.05, 3.63) is 18.1 Å². The first kappa shape index (κ1) is 9.26. The monoisotopic (exact) mass is 209 g/mol. The molecule has 0 aliphatic carbocycles. The second kappa shape index (κ2) is 3.83. The van der Waals surface area contributed by atoms with Crippen LogP contribution >= 0.6 is 11.8 Å². The smallest absolute Gasteiger partial charge is 0.143 e. The lowest BCUT2D eigenvalue weighted by atomic mass is 10.4. The minimum atomic E-state index is 0.408. The van der Waals surface area contributed by atoms with Crippen molar-refractivity contribution in [2.75, 3.05) is 11.5 Å². The Hall–Kier alpha value is -1.30. The van der Waals surface area contributed by atoms with Crippen LogP contribution < -0.4 is 11.2 Å². The van der Waals surface area contributed by atoms with E-state index in [4.69, 9.17) is 5.73 Å². The molecule has 1 aliphatic rings. The molecular weight excluding hydrogens is 198 g/mol. The van der Waals surface area contributed by atoms with Gasteiger partial charge in [-0.3, -0.25) is 0 Å². The van der Waals surface area contributed by atoms with E-state index in [-0.39, 0.29) is 0 Å². The molecule has 5 nitrogen and oxygen atoms in total. The van der Waals surface area contributed by atoms with Gasteiger partial charge in [-0.2, -0.15) is 5.10 Å². The van der Waals surface area contributed by atoms with Crippen molar-refractivity contribution in [3.8, 4) is 0 Å². The molecule has 74 valence electrons. The standard InChI is InChI=1S/C8H11N5S/c1-5-4-14-8(13-12-5)6-2-11-7(9)3-10-6/h2-3,5,12H,4H2,1H3,(H2,9,11). The largest absolute Gasteiger partial charge is 0.382 e. The summed E-state index contributed by atoms with van der Waals surface area (Å²) < 4.78 is 0. The van der Waals surface area contributed by atoms with Gasteiger partial charge in [-0.25, -0.2) is 9.97 Å². The summed E-state index contributed by atoms with van der Waals surface area (Å²) in [5, 5.41) is 5.07. The van der Waals surface area contributed by atoms with E-state index in [1.807, 2.05) is 0 Å². The fraction of sp³-hybridized carbons (Fsp3) is 0.375. The van der Waals surface area contributed by atoms with Gasteiger partial charge in [0.25, 0.3) is 0 Å². The van der Waals surface area contributed by atoms with Crippen LogP contribution in [0.4, 0.5) is 5.82 Å². The van der Waals surface area contributed by atoms with E-state index < -0.39 is 0 Å². The Morgan fingerprint density at radius 1 is 1.50 bits per heavy atom. The number of nitrogens with one attached hydrogen (secondary N) is 1. The zero-order valence-electron chi connectivity index (χ0n) is 7.77. The van der Waals surface area contributed by atoms with Crippen LogP contribution in [0.5, 0.6) is 0 Å². The molecule has 1 atom stereocenters. The highest BCUT2D eigenvalue weighted by Crippen LogP contribution is 2.16. The van der Waals surface area contributed by atoms with E-state index in [0.717, 1.165) is 16.5 Å². The first-order valence-corrected chi connectivity index (χ1v) is 5.28. The maximum atomic E-state index is 5.44. The topological polar surface area (TPSA) is 76.2 Å². The number of hydrogen-bond donors (Lipinski definition) is 2. The number of aromatic nitrogens is 2. The SMILES string of the molecule is CC1CSC(c2cnc(N)cn2)=NN1. The molecule has 6 heteroatoms. The first-order chi connectivity index (χ1) is 6.75. The molecule has 0 radical (unpaired) electrons. The molecule has 0 fully saturated rings. The zero-order valence-corrected chi connectivity index (χ0v) is 8.58. The third kappa shape index (κ3) is 1.95. The quantitative estimate of drug-likeness (QED) is 0.702. The molecule has 1 aromatic rings. The second-order valence-corrected chi connectivity index (χ2v) is 4.09. The van der Waals surface area contributed by atoms with Gasteiger partial charge in [-0.15, -0.1) is 11.8 Å². The highest BCUT2D eigenvalue weighted by molar-refractivity contribution is 8.14. The lowest BCUT2D eigenvalue weighted by Gasteiger charge is -2.17. The second-order valence-electron chi connectivity index (χ2n) is 3.08. The summed E-state index contributed by atoms with van der Waals surface area (Å²) in [5.74, 6) is 1.42. The van der Waals surface area contributed by atoms with Gasteiger partial charge in [0.2, 0.25) is 0 Å². The Labute approximate surface area is 86.2 Å². The number of rotatable bonds is 1. The molecule has 2 heterocycles. The molecule has 0 spiro atoms. The molecule has 2 rings (SSSR count). The van der Waals surface area contributed by atoms with Gasteiger partial charge in [0, 0.05) is 5.75 Å². The number of thioether (sulfide) groups is 1.